The minimum absolute atomic E-state index is 0.269. The van der Waals surface area contributed by atoms with E-state index in [0.717, 1.165) is 30.2 Å². The van der Waals surface area contributed by atoms with Crippen LogP contribution in [-0.4, -0.2) is 7.11 Å². The van der Waals surface area contributed by atoms with Crippen molar-refractivity contribution < 1.29 is 9.13 Å². The van der Waals surface area contributed by atoms with Crippen LogP contribution in [0.15, 0.2) is 16.6 Å². The summed E-state index contributed by atoms with van der Waals surface area (Å²) < 4.78 is 19.9. The Hall–Kier alpha value is -0.610. The molecule has 0 aromatic heterocycles. The highest BCUT2D eigenvalue weighted by Gasteiger charge is 2.32. The van der Waals surface area contributed by atoms with E-state index in [1.807, 2.05) is 0 Å². The molecular formula is C13H17BrFNO. The average molecular weight is 302 g/mol. The Balaban J connectivity index is 2.41. The normalized spacial score (nSPS) is 19.1. The van der Waals surface area contributed by atoms with E-state index < -0.39 is 5.54 Å². The van der Waals surface area contributed by atoms with Gasteiger partial charge in [0.2, 0.25) is 0 Å². The summed E-state index contributed by atoms with van der Waals surface area (Å²) in [6.45, 7) is 0. The average Bonchev–Trinajstić information content (AvgIpc) is 2.32. The van der Waals surface area contributed by atoms with E-state index in [4.69, 9.17) is 10.5 Å². The molecule has 4 heteroatoms. The van der Waals surface area contributed by atoms with Crippen LogP contribution in [0.1, 0.15) is 37.7 Å². The van der Waals surface area contributed by atoms with Crippen LogP contribution in [0.3, 0.4) is 0 Å². The number of halogens is 2. The number of nitrogens with two attached hydrogens (primary N) is 1. The number of ether oxygens (including phenoxy) is 1. The maximum atomic E-state index is 14.1. The van der Waals surface area contributed by atoms with Crippen molar-refractivity contribution in [1.29, 1.82) is 0 Å². The second kappa shape index (κ2) is 4.94. The van der Waals surface area contributed by atoms with E-state index >= 15 is 0 Å². The zero-order valence-electron chi connectivity index (χ0n) is 9.93. The molecule has 2 rings (SSSR count). The first-order chi connectivity index (χ1) is 8.07. The van der Waals surface area contributed by atoms with Crippen LogP contribution >= 0.6 is 15.9 Å². The summed E-state index contributed by atoms with van der Waals surface area (Å²) in [4.78, 5) is 0. The standard InChI is InChI=1S/C13H17BrFNO/c1-17-12-8-11(15)9(7-10(12)14)13(16)5-3-2-4-6-13/h7-8H,2-6,16H2,1H3. The van der Waals surface area contributed by atoms with Gasteiger partial charge < -0.3 is 10.5 Å². The lowest BCUT2D eigenvalue weighted by Crippen LogP contribution is -2.39. The Morgan fingerprint density at radius 1 is 1.29 bits per heavy atom. The van der Waals surface area contributed by atoms with Gasteiger partial charge in [0.15, 0.2) is 0 Å². The van der Waals surface area contributed by atoms with Crippen molar-refractivity contribution in [3.63, 3.8) is 0 Å². The molecule has 0 amide bonds. The topological polar surface area (TPSA) is 35.2 Å². The van der Waals surface area contributed by atoms with Gasteiger partial charge in [-0.3, -0.25) is 0 Å². The second-order valence-electron chi connectivity index (χ2n) is 4.68. The zero-order chi connectivity index (χ0) is 12.5. The highest BCUT2D eigenvalue weighted by atomic mass is 79.9. The van der Waals surface area contributed by atoms with Crippen LogP contribution in [0.5, 0.6) is 5.75 Å². The molecule has 0 aliphatic heterocycles. The van der Waals surface area contributed by atoms with Crippen LogP contribution in [-0.2, 0) is 5.54 Å². The number of hydrogen-bond donors (Lipinski definition) is 1. The summed E-state index contributed by atoms with van der Waals surface area (Å²) in [5, 5.41) is 0. The maximum absolute atomic E-state index is 14.1. The monoisotopic (exact) mass is 301 g/mol. The lowest BCUT2D eigenvalue weighted by atomic mass is 9.77. The molecule has 1 aliphatic rings. The van der Waals surface area contributed by atoms with E-state index in [1.165, 1.54) is 19.6 Å². The van der Waals surface area contributed by atoms with Gasteiger partial charge in [-0.25, -0.2) is 4.39 Å². The summed E-state index contributed by atoms with van der Waals surface area (Å²) in [6, 6.07) is 3.17. The van der Waals surface area contributed by atoms with Gasteiger partial charge in [0, 0.05) is 17.2 Å². The molecule has 94 valence electrons. The van der Waals surface area contributed by atoms with Crippen molar-refractivity contribution in [2.45, 2.75) is 37.6 Å². The Labute approximate surface area is 109 Å². The number of benzene rings is 1. The third kappa shape index (κ3) is 2.47. The number of methoxy groups -OCH3 is 1. The first kappa shape index (κ1) is 12.8. The second-order valence-corrected chi connectivity index (χ2v) is 5.54. The highest BCUT2D eigenvalue weighted by molar-refractivity contribution is 9.10. The van der Waals surface area contributed by atoms with E-state index in [-0.39, 0.29) is 5.82 Å². The van der Waals surface area contributed by atoms with Crippen molar-refractivity contribution >= 4 is 15.9 Å². The molecule has 2 N–H and O–H groups in total. The van der Waals surface area contributed by atoms with Crippen LogP contribution in [0, 0.1) is 5.82 Å². The molecule has 0 bridgehead atoms. The minimum atomic E-state index is -0.517. The third-order valence-electron chi connectivity index (χ3n) is 3.52. The Bertz CT molecular complexity index is 416. The summed E-state index contributed by atoms with van der Waals surface area (Å²) in [5.74, 6) is 0.236. The molecule has 0 heterocycles. The smallest absolute Gasteiger partial charge is 0.135 e. The van der Waals surface area contributed by atoms with Gasteiger partial charge in [0.05, 0.1) is 11.6 Å². The fourth-order valence-electron chi connectivity index (χ4n) is 2.52. The van der Waals surface area contributed by atoms with E-state index in [2.05, 4.69) is 15.9 Å². The van der Waals surface area contributed by atoms with Gasteiger partial charge in [-0.05, 0) is 34.8 Å². The van der Waals surface area contributed by atoms with E-state index in [9.17, 15) is 4.39 Å². The third-order valence-corrected chi connectivity index (χ3v) is 4.14. The van der Waals surface area contributed by atoms with Crippen molar-refractivity contribution in [2.24, 2.45) is 5.73 Å². The zero-order valence-corrected chi connectivity index (χ0v) is 11.5. The van der Waals surface area contributed by atoms with E-state index in [1.54, 1.807) is 6.07 Å². The van der Waals surface area contributed by atoms with Crippen molar-refractivity contribution in [3.8, 4) is 5.75 Å². The van der Waals surface area contributed by atoms with Gasteiger partial charge in [-0.15, -0.1) is 0 Å². The predicted molar refractivity (Wildman–Crippen MR) is 69.6 cm³/mol. The molecule has 1 fully saturated rings. The van der Waals surface area contributed by atoms with Crippen molar-refractivity contribution in [3.05, 3.63) is 28.0 Å². The fourth-order valence-corrected chi connectivity index (χ4v) is 3.02. The highest BCUT2D eigenvalue weighted by Crippen LogP contribution is 2.39. The SMILES string of the molecule is COc1cc(F)c(C2(N)CCCCC2)cc1Br. The van der Waals surface area contributed by atoms with Gasteiger partial charge in [-0.2, -0.15) is 0 Å². The number of hydrogen-bond acceptors (Lipinski definition) is 2. The molecule has 1 saturated carbocycles. The Kier molecular flexibility index (Phi) is 3.73. The molecular weight excluding hydrogens is 285 g/mol. The largest absolute Gasteiger partial charge is 0.495 e. The van der Waals surface area contributed by atoms with Gasteiger partial charge >= 0.3 is 0 Å². The molecule has 1 aromatic rings. The molecule has 0 atom stereocenters. The molecule has 0 unspecified atom stereocenters. The van der Waals surface area contributed by atoms with Crippen molar-refractivity contribution in [1.82, 2.24) is 0 Å². The first-order valence-corrected chi connectivity index (χ1v) is 6.68. The predicted octanol–water partition coefficient (Wildman–Crippen LogP) is 3.71. The molecule has 0 saturated heterocycles. The summed E-state index contributed by atoms with van der Waals surface area (Å²) in [7, 11) is 1.53. The molecule has 2 nitrogen and oxygen atoms in total. The van der Waals surface area contributed by atoms with E-state index in [0.29, 0.717) is 11.3 Å². The molecule has 1 aromatic carbocycles. The summed E-state index contributed by atoms with van der Waals surface area (Å²) in [5.41, 5.74) is 6.42. The quantitative estimate of drug-likeness (QED) is 0.903. The van der Waals surface area contributed by atoms with Gasteiger partial charge in [0.1, 0.15) is 11.6 Å². The molecule has 17 heavy (non-hydrogen) atoms. The Morgan fingerprint density at radius 2 is 1.94 bits per heavy atom. The van der Waals surface area contributed by atoms with Crippen LogP contribution in [0.25, 0.3) is 0 Å². The van der Waals surface area contributed by atoms with Crippen molar-refractivity contribution in [2.75, 3.05) is 7.11 Å². The summed E-state index contributed by atoms with van der Waals surface area (Å²) >= 11 is 3.39. The maximum Gasteiger partial charge on any atom is 0.135 e. The lowest BCUT2D eigenvalue weighted by molar-refractivity contribution is 0.292. The Morgan fingerprint density at radius 3 is 2.53 bits per heavy atom. The molecule has 0 spiro atoms. The molecule has 1 aliphatic carbocycles. The summed E-state index contributed by atoms with van der Waals surface area (Å²) in [6.07, 6.45) is 5.03. The van der Waals surface area contributed by atoms with Crippen LogP contribution in [0.4, 0.5) is 4.39 Å². The van der Waals surface area contributed by atoms with Crippen LogP contribution < -0.4 is 10.5 Å². The minimum Gasteiger partial charge on any atom is -0.495 e. The number of rotatable bonds is 2. The fraction of sp³-hybridized carbons (Fsp3) is 0.538. The van der Waals surface area contributed by atoms with Gasteiger partial charge in [-0.1, -0.05) is 19.3 Å². The molecule has 0 radical (unpaired) electrons. The lowest BCUT2D eigenvalue weighted by Gasteiger charge is -2.34. The first-order valence-electron chi connectivity index (χ1n) is 5.89. The van der Waals surface area contributed by atoms with Crippen LogP contribution in [0.2, 0.25) is 0 Å². The van der Waals surface area contributed by atoms with Gasteiger partial charge in [0.25, 0.3) is 0 Å².